The molecule has 3 rings (SSSR count). The Balaban J connectivity index is 1.48. The Bertz CT molecular complexity index is 965. The van der Waals surface area contributed by atoms with Gasteiger partial charge in [-0.15, -0.1) is 11.8 Å². The molecule has 0 aliphatic carbocycles. The molecule has 0 fully saturated rings. The molecular formula is C19H19ClN4OS2. The number of carbonyl (C=O) groups is 1. The Kier molecular flexibility index (Phi) is 6.71. The van der Waals surface area contributed by atoms with Gasteiger partial charge in [-0.3, -0.25) is 9.89 Å². The van der Waals surface area contributed by atoms with Crippen LogP contribution in [0, 0.1) is 4.77 Å². The third-order valence-electron chi connectivity index (χ3n) is 4.04. The fourth-order valence-electron chi connectivity index (χ4n) is 2.44. The van der Waals surface area contributed by atoms with Crippen molar-refractivity contribution in [1.29, 1.82) is 0 Å². The van der Waals surface area contributed by atoms with E-state index in [0.717, 1.165) is 27.1 Å². The lowest BCUT2D eigenvalue weighted by Gasteiger charge is -2.07. The fourth-order valence-corrected chi connectivity index (χ4v) is 3.57. The molecule has 0 saturated carbocycles. The lowest BCUT2D eigenvalue weighted by Crippen LogP contribution is -2.26. The topological polar surface area (TPSA) is 62.7 Å². The molecule has 2 aromatic carbocycles. The molecule has 0 radical (unpaired) electrons. The van der Waals surface area contributed by atoms with Crippen molar-refractivity contribution >= 4 is 41.5 Å². The third kappa shape index (κ3) is 5.45. The van der Waals surface area contributed by atoms with Crippen LogP contribution < -0.4 is 5.32 Å². The highest BCUT2D eigenvalue weighted by Crippen LogP contribution is 2.24. The summed E-state index contributed by atoms with van der Waals surface area (Å²) in [5, 5.41) is 10.5. The SMILES string of the molecule is Cn1c(CCNC(=O)c2ccc(CSc3ccc(Cl)cc3)cc2)n[nH]c1=S. The monoisotopic (exact) mass is 418 g/mol. The van der Waals surface area contributed by atoms with E-state index in [-0.39, 0.29) is 5.91 Å². The first-order chi connectivity index (χ1) is 13.0. The van der Waals surface area contributed by atoms with Gasteiger partial charge in [0.1, 0.15) is 5.82 Å². The largest absolute Gasteiger partial charge is 0.352 e. The summed E-state index contributed by atoms with van der Waals surface area (Å²) in [6.07, 6.45) is 0.616. The second-order valence-corrected chi connectivity index (χ2v) is 7.82. The van der Waals surface area contributed by atoms with Crippen molar-refractivity contribution in [3.8, 4) is 0 Å². The van der Waals surface area contributed by atoms with Crippen molar-refractivity contribution in [1.82, 2.24) is 20.1 Å². The highest BCUT2D eigenvalue weighted by Gasteiger charge is 2.07. The van der Waals surface area contributed by atoms with Gasteiger partial charge in [0.25, 0.3) is 5.91 Å². The lowest BCUT2D eigenvalue weighted by atomic mass is 10.1. The Morgan fingerprint density at radius 3 is 2.56 bits per heavy atom. The number of aromatic nitrogens is 3. The van der Waals surface area contributed by atoms with Gasteiger partial charge in [-0.2, -0.15) is 5.10 Å². The number of H-pyrrole nitrogens is 1. The van der Waals surface area contributed by atoms with Crippen molar-refractivity contribution < 1.29 is 4.79 Å². The Morgan fingerprint density at radius 2 is 1.93 bits per heavy atom. The summed E-state index contributed by atoms with van der Waals surface area (Å²) in [6.45, 7) is 0.500. The molecule has 8 heteroatoms. The number of amides is 1. The molecular weight excluding hydrogens is 400 g/mol. The molecule has 1 heterocycles. The first kappa shape index (κ1) is 19.7. The van der Waals surface area contributed by atoms with E-state index >= 15 is 0 Å². The van der Waals surface area contributed by atoms with Crippen LogP contribution in [-0.4, -0.2) is 27.2 Å². The summed E-state index contributed by atoms with van der Waals surface area (Å²) in [6, 6.07) is 15.4. The van der Waals surface area contributed by atoms with Gasteiger partial charge in [0.05, 0.1) is 0 Å². The number of hydrogen-bond donors (Lipinski definition) is 2. The molecule has 2 N–H and O–H groups in total. The predicted molar refractivity (Wildman–Crippen MR) is 112 cm³/mol. The number of rotatable bonds is 7. The Labute approximate surface area is 172 Å². The lowest BCUT2D eigenvalue weighted by molar-refractivity contribution is 0.0954. The van der Waals surface area contributed by atoms with Crippen LogP contribution in [0.25, 0.3) is 0 Å². The molecule has 27 heavy (non-hydrogen) atoms. The van der Waals surface area contributed by atoms with Gasteiger partial charge in [0, 0.05) is 41.2 Å². The minimum Gasteiger partial charge on any atom is -0.352 e. The number of nitrogens with zero attached hydrogens (tertiary/aromatic N) is 2. The second kappa shape index (κ2) is 9.21. The first-order valence-corrected chi connectivity index (χ1v) is 10.2. The highest BCUT2D eigenvalue weighted by molar-refractivity contribution is 7.98. The van der Waals surface area contributed by atoms with Crippen molar-refractivity contribution in [2.45, 2.75) is 17.1 Å². The van der Waals surface area contributed by atoms with Crippen LogP contribution in [0.2, 0.25) is 5.02 Å². The standard InChI is InChI=1S/C19H19ClN4OS2/c1-24-17(22-23-19(24)26)10-11-21-18(25)14-4-2-13(3-5-14)12-27-16-8-6-15(20)7-9-16/h2-9H,10-12H2,1H3,(H,21,25)(H,23,26). The van der Waals surface area contributed by atoms with E-state index in [0.29, 0.717) is 23.3 Å². The van der Waals surface area contributed by atoms with Crippen LogP contribution >= 0.6 is 35.6 Å². The average molecular weight is 419 g/mol. The van der Waals surface area contributed by atoms with Gasteiger partial charge in [-0.1, -0.05) is 23.7 Å². The van der Waals surface area contributed by atoms with E-state index in [1.807, 2.05) is 55.6 Å². The van der Waals surface area contributed by atoms with E-state index in [1.54, 1.807) is 16.3 Å². The fraction of sp³-hybridized carbons (Fsp3) is 0.211. The summed E-state index contributed by atoms with van der Waals surface area (Å²) in [5.41, 5.74) is 1.80. The van der Waals surface area contributed by atoms with E-state index in [2.05, 4.69) is 15.5 Å². The average Bonchev–Trinajstić information content (AvgIpc) is 3.00. The molecule has 0 saturated heterocycles. The molecule has 3 aromatic rings. The Hall–Kier alpha value is -2.09. The molecule has 0 bridgehead atoms. The van der Waals surface area contributed by atoms with Crippen LogP contribution in [0.4, 0.5) is 0 Å². The van der Waals surface area contributed by atoms with Gasteiger partial charge in [0.2, 0.25) is 0 Å². The van der Waals surface area contributed by atoms with Crippen LogP contribution in [0.1, 0.15) is 21.7 Å². The number of carbonyl (C=O) groups excluding carboxylic acids is 1. The van der Waals surface area contributed by atoms with E-state index < -0.39 is 0 Å². The maximum Gasteiger partial charge on any atom is 0.251 e. The van der Waals surface area contributed by atoms with Crippen LogP contribution in [0.5, 0.6) is 0 Å². The number of aromatic amines is 1. The van der Waals surface area contributed by atoms with Gasteiger partial charge >= 0.3 is 0 Å². The summed E-state index contributed by atoms with van der Waals surface area (Å²) < 4.78 is 2.37. The summed E-state index contributed by atoms with van der Waals surface area (Å²) >= 11 is 12.7. The van der Waals surface area contributed by atoms with Crippen molar-refractivity contribution in [3.63, 3.8) is 0 Å². The number of hydrogen-bond acceptors (Lipinski definition) is 4. The van der Waals surface area contributed by atoms with E-state index in [1.165, 1.54) is 0 Å². The number of benzene rings is 2. The van der Waals surface area contributed by atoms with Crippen molar-refractivity contribution in [2.75, 3.05) is 6.54 Å². The van der Waals surface area contributed by atoms with Gasteiger partial charge in [0.15, 0.2) is 4.77 Å². The van der Waals surface area contributed by atoms with Gasteiger partial charge in [-0.05, 0) is 54.2 Å². The van der Waals surface area contributed by atoms with Gasteiger partial charge in [-0.25, -0.2) is 0 Å². The van der Waals surface area contributed by atoms with Gasteiger partial charge < -0.3 is 9.88 Å². The molecule has 5 nitrogen and oxygen atoms in total. The number of thioether (sulfide) groups is 1. The maximum absolute atomic E-state index is 12.3. The predicted octanol–water partition coefficient (Wildman–Crippen LogP) is 4.40. The molecule has 0 spiro atoms. The molecule has 0 atom stereocenters. The van der Waals surface area contributed by atoms with Crippen LogP contribution in [-0.2, 0) is 19.2 Å². The molecule has 1 aromatic heterocycles. The zero-order valence-corrected chi connectivity index (χ0v) is 17.1. The third-order valence-corrected chi connectivity index (χ3v) is 5.74. The minimum atomic E-state index is -0.0938. The normalized spacial score (nSPS) is 10.7. The van der Waals surface area contributed by atoms with Crippen molar-refractivity contribution in [3.05, 3.63) is 75.3 Å². The highest BCUT2D eigenvalue weighted by atomic mass is 35.5. The molecule has 0 unspecified atom stereocenters. The van der Waals surface area contributed by atoms with Crippen LogP contribution in [0.15, 0.2) is 53.4 Å². The molecule has 0 aliphatic heterocycles. The van der Waals surface area contributed by atoms with E-state index in [4.69, 9.17) is 23.8 Å². The molecule has 1 amide bonds. The van der Waals surface area contributed by atoms with Crippen molar-refractivity contribution in [2.24, 2.45) is 7.05 Å². The molecule has 140 valence electrons. The first-order valence-electron chi connectivity index (χ1n) is 8.39. The smallest absolute Gasteiger partial charge is 0.251 e. The van der Waals surface area contributed by atoms with Crippen LogP contribution in [0.3, 0.4) is 0 Å². The quantitative estimate of drug-likeness (QED) is 0.441. The zero-order chi connectivity index (χ0) is 19.2. The summed E-state index contributed by atoms with van der Waals surface area (Å²) in [7, 11) is 1.85. The molecule has 0 aliphatic rings. The summed E-state index contributed by atoms with van der Waals surface area (Å²) in [4.78, 5) is 13.4. The zero-order valence-electron chi connectivity index (χ0n) is 14.7. The van der Waals surface area contributed by atoms with E-state index in [9.17, 15) is 4.79 Å². The maximum atomic E-state index is 12.3. The minimum absolute atomic E-state index is 0.0938. The number of halogens is 1. The number of nitrogens with one attached hydrogen (secondary N) is 2. The Morgan fingerprint density at radius 1 is 1.22 bits per heavy atom. The second-order valence-electron chi connectivity index (χ2n) is 5.95. The summed E-state index contributed by atoms with van der Waals surface area (Å²) in [5.74, 6) is 1.56.